The zero-order valence-electron chi connectivity index (χ0n) is 11.5. The van der Waals surface area contributed by atoms with Crippen LogP contribution in [0.5, 0.6) is 0 Å². The van der Waals surface area contributed by atoms with Gasteiger partial charge < -0.3 is 0 Å². The number of benzene rings is 1. The maximum atomic E-state index is 5.86. The minimum atomic E-state index is 0.110. The van der Waals surface area contributed by atoms with Crippen molar-refractivity contribution in [1.82, 2.24) is 15.2 Å². The molecule has 1 atom stereocenters. The number of aromatic nitrogens is 2. The maximum absolute atomic E-state index is 5.86. The zero-order valence-corrected chi connectivity index (χ0v) is 13.1. The van der Waals surface area contributed by atoms with Gasteiger partial charge >= 0.3 is 0 Å². The first kappa shape index (κ1) is 13.8. The molecule has 1 unspecified atom stereocenters. The Morgan fingerprint density at radius 3 is 2.60 bits per heavy atom. The molecule has 0 aliphatic heterocycles. The van der Waals surface area contributed by atoms with Gasteiger partial charge in [0.25, 0.3) is 0 Å². The fraction of sp³-hybridized carbons (Fsp3) is 0.400. The zero-order chi connectivity index (χ0) is 14.1. The lowest BCUT2D eigenvalue weighted by Crippen LogP contribution is -2.35. The first-order valence-electron chi connectivity index (χ1n) is 6.98. The van der Waals surface area contributed by atoms with Crippen LogP contribution in [0.1, 0.15) is 29.8 Å². The van der Waals surface area contributed by atoms with Crippen molar-refractivity contribution in [3.05, 3.63) is 51.8 Å². The third kappa shape index (κ3) is 2.30. The Hall–Kier alpha value is -1.17. The second-order valence-electron chi connectivity index (χ2n) is 5.27. The Morgan fingerprint density at radius 2 is 2.05 bits per heavy atom. The number of rotatable bonds is 4. The van der Waals surface area contributed by atoms with Crippen molar-refractivity contribution in [2.45, 2.75) is 32.4 Å². The van der Waals surface area contributed by atoms with Gasteiger partial charge in [-0.05, 0) is 52.7 Å². The molecule has 1 heterocycles. The van der Waals surface area contributed by atoms with Crippen LogP contribution >= 0.6 is 15.9 Å². The van der Waals surface area contributed by atoms with Crippen LogP contribution in [0.3, 0.4) is 0 Å². The molecule has 5 heteroatoms. The summed E-state index contributed by atoms with van der Waals surface area (Å²) in [6.07, 6.45) is 3.98. The predicted octanol–water partition coefficient (Wildman–Crippen LogP) is 2.58. The minimum absolute atomic E-state index is 0.110. The van der Waals surface area contributed by atoms with Gasteiger partial charge in [0.1, 0.15) is 0 Å². The summed E-state index contributed by atoms with van der Waals surface area (Å²) in [6, 6.07) is 8.76. The lowest BCUT2D eigenvalue weighted by Gasteiger charge is -2.24. The van der Waals surface area contributed by atoms with Crippen molar-refractivity contribution in [3.63, 3.8) is 0 Å². The Bertz CT molecular complexity index is 583. The van der Waals surface area contributed by atoms with E-state index in [1.54, 1.807) is 0 Å². The van der Waals surface area contributed by atoms with E-state index in [2.05, 4.69) is 57.6 Å². The highest BCUT2D eigenvalue weighted by atomic mass is 79.9. The molecule has 0 radical (unpaired) electrons. The average molecular weight is 335 g/mol. The Morgan fingerprint density at radius 1 is 1.40 bits per heavy atom. The molecule has 1 aliphatic rings. The van der Waals surface area contributed by atoms with Crippen LogP contribution in [0.2, 0.25) is 0 Å². The molecule has 4 nitrogen and oxygen atoms in total. The smallest absolute Gasteiger partial charge is 0.0712 e. The van der Waals surface area contributed by atoms with Gasteiger partial charge in [-0.15, -0.1) is 0 Å². The second-order valence-corrected chi connectivity index (χ2v) is 6.13. The van der Waals surface area contributed by atoms with Crippen LogP contribution in [0.15, 0.2) is 34.9 Å². The molecule has 106 valence electrons. The number of hydrazine groups is 1. The molecule has 3 N–H and O–H groups in total. The summed E-state index contributed by atoms with van der Waals surface area (Å²) in [5.74, 6) is 6.33. The summed E-state index contributed by atoms with van der Waals surface area (Å²) in [5, 5.41) is 4.40. The molecular weight excluding hydrogens is 316 g/mol. The van der Waals surface area contributed by atoms with E-state index < -0.39 is 0 Å². The molecule has 0 amide bonds. The molecule has 0 spiro atoms. The van der Waals surface area contributed by atoms with E-state index in [1.807, 2.05) is 10.9 Å². The summed E-state index contributed by atoms with van der Waals surface area (Å²) in [4.78, 5) is 0. The van der Waals surface area contributed by atoms with Crippen LogP contribution in [0, 0.1) is 5.92 Å². The molecule has 1 aromatic heterocycles. The fourth-order valence-corrected chi connectivity index (χ4v) is 3.74. The Kier molecular flexibility index (Phi) is 3.92. The number of hydrogen-bond acceptors (Lipinski definition) is 3. The standard InChI is InChI=1S/C15H19BrN4/c1-2-20-15(13(16)9-18-20)14(19-17)12-7-10-5-3-4-6-11(10)8-12/h3-6,9,12,14,19H,2,7-8,17H2,1H3. The van der Waals surface area contributed by atoms with Gasteiger partial charge in [0.15, 0.2) is 0 Å². The largest absolute Gasteiger partial charge is 0.271 e. The number of halogens is 1. The quantitative estimate of drug-likeness (QED) is 0.667. The van der Waals surface area contributed by atoms with E-state index in [-0.39, 0.29) is 6.04 Å². The third-order valence-corrected chi connectivity index (χ3v) is 4.77. The van der Waals surface area contributed by atoms with Gasteiger partial charge in [0, 0.05) is 6.54 Å². The second kappa shape index (κ2) is 5.68. The molecule has 0 saturated heterocycles. The van der Waals surface area contributed by atoms with Crippen LogP contribution in [0.25, 0.3) is 0 Å². The highest BCUT2D eigenvalue weighted by Crippen LogP contribution is 2.37. The highest BCUT2D eigenvalue weighted by Gasteiger charge is 2.32. The van der Waals surface area contributed by atoms with Crippen LogP contribution in [-0.4, -0.2) is 9.78 Å². The van der Waals surface area contributed by atoms with E-state index in [9.17, 15) is 0 Å². The number of nitrogens with one attached hydrogen (secondary N) is 1. The number of nitrogens with zero attached hydrogens (tertiary/aromatic N) is 2. The molecule has 1 aliphatic carbocycles. The van der Waals surface area contributed by atoms with Gasteiger partial charge in [-0.25, -0.2) is 0 Å². The summed E-state index contributed by atoms with van der Waals surface area (Å²) in [6.45, 7) is 2.94. The van der Waals surface area contributed by atoms with Gasteiger partial charge in [0.05, 0.1) is 22.4 Å². The summed E-state index contributed by atoms with van der Waals surface area (Å²) in [5.41, 5.74) is 7.03. The van der Waals surface area contributed by atoms with Crippen molar-refractivity contribution in [2.24, 2.45) is 11.8 Å². The molecule has 20 heavy (non-hydrogen) atoms. The topological polar surface area (TPSA) is 55.9 Å². The van der Waals surface area contributed by atoms with E-state index in [4.69, 9.17) is 5.84 Å². The van der Waals surface area contributed by atoms with Crippen molar-refractivity contribution in [2.75, 3.05) is 0 Å². The lowest BCUT2D eigenvalue weighted by molar-refractivity contribution is 0.355. The van der Waals surface area contributed by atoms with Crippen molar-refractivity contribution < 1.29 is 0 Å². The molecule has 1 aromatic carbocycles. The fourth-order valence-electron chi connectivity index (χ4n) is 3.20. The molecule has 0 bridgehead atoms. The van der Waals surface area contributed by atoms with Gasteiger partial charge in [-0.3, -0.25) is 16.0 Å². The molecule has 2 aromatic rings. The van der Waals surface area contributed by atoms with Crippen LogP contribution < -0.4 is 11.3 Å². The SMILES string of the molecule is CCn1ncc(Br)c1C(NN)C1Cc2ccccc2C1. The van der Waals surface area contributed by atoms with Crippen molar-refractivity contribution in [1.29, 1.82) is 0 Å². The summed E-state index contributed by atoms with van der Waals surface area (Å²) < 4.78 is 3.04. The summed E-state index contributed by atoms with van der Waals surface area (Å²) in [7, 11) is 0. The number of aryl methyl sites for hydroxylation is 1. The van der Waals surface area contributed by atoms with E-state index in [0.29, 0.717) is 5.92 Å². The van der Waals surface area contributed by atoms with Gasteiger partial charge in [-0.1, -0.05) is 24.3 Å². The van der Waals surface area contributed by atoms with E-state index >= 15 is 0 Å². The van der Waals surface area contributed by atoms with E-state index in [0.717, 1.165) is 29.6 Å². The minimum Gasteiger partial charge on any atom is -0.271 e. The highest BCUT2D eigenvalue weighted by molar-refractivity contribution is 9.10. The molecular formula is C15H19BrN4. The van der Waals surface area contributed by atoms with Gasteiger partial charge in [-0.2, -0.15) is 5.10 Å². The lowest BCUT2D eigenvalue weighted by atomic mass is 9.94. The molecule has 3 rings (SSSR count). The number of hydrogen-bond donors (Lipinski definition) is 2. The molecule has 0 saturated carbocycles. The summed E-state index contributed by atoms with van der Waals surface area (Å²) >= 11 is 3.60. The van der Waals surface area contributed by atoms with E-state index in [1.165, 1.54) is 11.1 Å². The van der Waals surface area contributed by atoms with Crippen molar-refractivity contribution >= 4 is 15.9 Å². The first-order valence-corrected chi connectivity index (χ1v) is 7.78. The maximum Gasteiger partial charge on any atom is 0.0712 e. The Balaban J connectivity index is 1.91. The van der Waals surface area contributed by atoms with Crippen LogP contribution in [0.4, 0.5) is 0 Å². The van der Waals surface area contributed by atoms with Gasteiger partial charge in [0.2, 0.25) is 0 Å². The normalized spacial score (nSPS) is 16.4. The number of nitrogens with two attached hydrogens (primary N) is 1. The Labute approximate surface area is 127 Å². The number of fused-ring (bicyclic) bond motifs is 1. The van der Waals surface area contributed by atoms with Crippen LogP contribution in [-0.2, 0) is 19.4 Å². The third-order valence-electron chi connectivity index (χ3n) is 4.16. The monoisotopic (exact) mass is 334 g/mol. The van der Waals surface area contributed by atoms with Crippen molar-refractivity contribution in [3.8, 4) is 0 Å². The first-order chi connectivity index (χ1) is 9.74. The predicted molar refractivity (Wildman–Crippen MR) is 83.0 cm³/mol. The molecule has 0 fully saturated rings. The average Bonchev–Trinajstić information content (AvgIpc) is 3.04.